The fourth-order valence-electron chi connectivity index (χ4n) is 2.11. The van der Waals surface area contributed by atoms with Crippen LogP contribution in [0.15, 0.2) is 0 Å². The van der Waals surface area contributed by atoms with Gasteiger partial charge in [-0.15, -0.1) is 0 Å². The van der Waals surface area contributed by atoms with Crippen molar-refractivity contribution < 1.29 is 0 Å². The molecule has 0 aliphatic rings. The molecule has 0 aromatic rings. The Bertz CT molecular complexity index is 164. The average molecular weight is 242 g/mol. The van der Waals surface area contributed by atoms with Crippen LogP contribution in [-0.4, -0.2) is 32.1 Å². The summed E-state index contributed by atoms with van der Waals surface area (Å²) in [4.78, 5) is 2.29. The van der Waals surface area contributed by atoms with Gasteiger partial charge in [0.2, 0.25) is 0 Å². The molecule has 0 aliphatic carbocycles. The van der Waals surface area contributed by atoms with Gasteiger partial charge in [0.25, 0.3) is 0 Å². The molecule has 2 heteroatoms. The van der Waals surface area contributed by atoms with Crippen molar-refractivity contribution in [1.82, 2.24) is 4.90 Å². The van der Waals surface area contributed by atoms with Crippen LogP contribution in [0.3, 0.4) is 0 Å². The van der Waals surface area contributed by atoms with Crippen molar-refractivity contribution in [3.63, 3.8) is 0 Å². The highest BCUT2D eigenvalue weighted by atomic mass is 15.0. The Labute approximate surface area is 109 Å². The highest BCUT2D eigenvalue weighted by molar-refractivity contribution is 4.69. The SMILES string of the molecule is CN(C)CCC(C)(C)CCCCCCCCN. The molecular formula is C15H34N2. The highest BCUT2D eigenvalue weighted by Crippen LogP contribution is 2.28. The van der Waals surface area contributed by atoms with Crippen LogP contribution in [0.2, 0.25) is 0 Å². The third-order valence-electron chi connectivity index (χ3n) is 3.54. The number of nitrogens with two attached hydrogens (primary N) is 1. The smallest absolute Gasteiger partial charge is 0.00197 e. The first-order chi connectivity index (χ1) is 7.98. The normalized spacial score (nSPS) is 12.4. The van der Waals surface area contributed by atoms with Gasteiger partial charge in [-0.2, -0.15) is 0 Å². The van der Waals surface area contributed by atoms with Crippen molar-refractivity contribution in [1.29, 1.82) is 0 Å². The molecule has 0 aromatic carbocycles. The van der Waals surface area contributed by atoms with Crippen molar-refractivity contribution in [2.45, 2.75) is 65.2 Å². The zero-order chi connectivity index (χ0) is 13.1. The van der Waals surface area contributed by atoms with E-state index in [0.717, 1.165) is 6.54 Å². The molecule has 2 nitrogen and oxygen atoms in total. The van der Waals surface area contributed by atoms with Gasteiger partial charge in [-0.3, -0.25) is 0 Å². The van der Waals surface area contributed by atoms with Crippen LogP contribution in [0.5, 0.6) is 0 Å². The average Bonchev–Trinajstić information content (AvgIpc) is 2.25. The van der Waals surface area contributed by atoms with E-state index in [2.05, 4.69) is 32.8 Å². The van der Waals surface area contributed by atoms with Gasteiger partial charge < -0.3 is 10.6 Å². The molecule has 0 saturated heterocycles. The molecule has 0 unspecified atom stereocenters. The predicted molar refractivity (Wildman–Crippen MR) is 78.3 cm³/mol. The van der Waals surface area contributed by atoms with Gasteiger partial charge in [-0.1, -0.05) is 46.0 Å². The highest BCUT2D eigenvalue weighted by Gasteiger charge is 2.16. The maximum Gasteiger partial charge on any atom is -0.00197 e. The van der Waals surface area contributed by atoms with Gasteiger partial charge in [0.1, 0.15) is 0 Å². The van der Waals surface area contributed by atoms with Gasteiger partial charge in [0, 0.05) is 0 Å². The van der Waals surface area contributed by atoms with E-state index in [1.807, 2.05) is 0 Å². The summed E-state index contributed by atoms with van der Waals surface area (Å²) in [6.07, 6.45) is 10.8. The van der Waals surface area contributed by atoms with Crippen LogP contribution < -0.4 is 5.73 Å². The molecule has 0 aromatic heterocycles. The minimum absolute atomic E-state index is 0.515. The maximum atomic E-state index is 5.48. The minimum Gasteiger partial charge on any atom is -0.330 e. The molecule has 0 amide bonds. The van der Waals surface area contributed by atoms with Crippen LogP contribution in [0.25, 0.3) is 0 Å². The number of unbranched alkanes of at least 4 members (excludes halogenated alkanes) is 5. The van der Waals surface area contributed by atoms with Crippen LogP contribution >= 0.6 is 0 Å². The van der Waals surface area contributed by atoms with Crippen molar-refractivity contribution >= 4 is 0 Å². The van der Waals surface area contributed by atoms with E-state index < -0.39 is 0 Å². The molecule has 0 radical (unpaired) electrons. The van der Waals surface area contributed by atoms with Crippen molar-refractivity contribution in [2.24, 2.45) is 11.1 Å². The Morgan fingerprint density at radius 1 is 0.824 bits per heavy atom. The second-order valence-corrected chi connectivity index (χ2v) is 6.38. The Hall–Kier alpha value is -0.0800. The lowest BCUT2D eigenvalue weighted by atomic mass is 9.83. The summed E-state index contributed by atoms with van der Waals surface area (Å²) < 4.78 is 0. The first-order valence-electron chi connectivity index (χ1n) is 7.33. The second kappa shape index (κ2) is 9.90. The van der Waals surface area contributed by atoms with E-state index in [1.54, 1.807) is 0 Å². The summed E-state index contributed by atoms with van der Waals surface area (Å²) in [5, 5.41) is 0. The molecule has 0 spiro atoms. The standard InChI is InChI=1S/C15H34N2/c1-15(2,12-14-17(3)4)11-9-7-5-6-8-10-13-16/h5-14,16H2,1-4H3. The van der Waals surface area contributed by atoms with Crippen LogP contribution in [0.4, 0.5) is 0 Å². The van der Waals surface area contributed by atoms with Gasteiger partial charge in [0.05, 0.1) is 0 Å². The summed E-state index contributed by atoms with van der Waals surface area (Å²) in [5.41, 5.74) is 6.00. The summed E-state index contributed by atoms with van der Waals surface area (Å²) in [6, 6.07) is 0. The first-order valence-corrected chi connectivity index (χ1v) is 7.33. The fraction of sp³-hybridized carbons (Fsp3) is 1.00. The number of hydrogen-bond donors (Lipinski definition) is 1. The van der Waals surface area contributed by atoms with Crippen molar-refractivity contribution in [3.05, 3.63) is 0 Å². The maximum absolute atomic E-state index is 5.48. The molecule has 0 atom stereocenters. The molecule has 0 rings (SSSR count). The third kappa shape index (κ3) is 12.2. The first kappa shape index (κ1) is 16.9. The monoisotopic (exact) mass is 242 g/mol. The third-order valence-corrected chi connectivity index (χ3v) is 3.54. The van der Waals surface area contributed by atoms with E-state index in [4.69, 9.17) is 5.73 Å². The lowest BCUT2D eigenvalue weighted by Crippen LogP contribution is -2.21. The summed E-state index contributed by atoms with van der Waals surface area (Å²) >= 11 is 0. The summed E-state index contributed by atoms with van der Waals surface area (Å²) in [7, 11) is 4.32. The van der Waals surface area contributed by atoms with E-state index in [-0.39, 0.29) is 0 Å². The van der Waals surface area contributed by atoms with Gasteiger partial charge in [-0.05, 0) is 51.9 Å². The van der Waals surface area contributed by atoms with Crippen LogP contribution in [0.1, 0.15) is 65.2 Å². The Kier molecular flexibility index (Phi) is 9.85. The Balaban J connectivity index is 3.39. The molecule has 17 heavy (non-hydrogen) atoms. The lowest BCUT2D eigenvalue weighted by molar-refractivity contribution is 0.250. The summed E-state index contributed by atoms with van der Waals surface area (Å²) in [6.45, 7) is 6.89. The molecule has 0 fully saturated rings. The van der Waals surface area contributed by atoms with Crippen LogP contribution in [-0.2, 0) is 0 Å². The molecule has 104 valence electrons. The quantitative estimate of drug-likeness (QED) is 0.560. The fourth-order valence-corrected chi connectivity index (χ4v) is 2.11. The zero-order valence-corrected chi connectivity index (χ0v) is 12.6. The van der Waals surface area contributed by atoms with E-state index >= 15 is 0 Å². The molecule has 0 aliphatic heterocycles. The van der Waals surface area contributed by atoms with Gasteiger partial charge in [0.15, 0.2) is 0 Å². The van der Waals surface area contributed by atoms with E-state index in [9.17, 15) is 0 Å². The largest absolute Gasteiger partial charge is 0.330 e. The Morgan fingerprint density at radius 2 is 1.35 bits per heavy atom. The number of nitrogens with zero attached hydrogens (tertiary/aromatic N) is 1. The van der Waals surface area contributed by atoms with Crippen LogP contribution in [0, 0.1) is 5.41 Å². The number of rotatable bonds is 11. The molecule has 0 saturated carbocycles. The molecular weight excluding hydrogens is 208 g/mol. The number of hydrogen-bond acceptors (Lipinski definition) is 2. The summed E-state index contributed by atoms with van der Waals surface area (Å²) in [5.74, 6) is 0. The second-order valence-electron chi connectivity index (χ2n) is 6.38. The van der Waals surface area contributed by atoms with Gasteiger partial charge in [-0.25, -0.2) is 0 Å². The van der Waals surface area contributed by atoms with E-state index in [1.165, 1.54) is 57.9 Å². The van der Waals surface area contributed by atoms with Gasteiger partial charge >= 0.3 is 0 Å². The van der Waals surface area contributed by atoms with Crippen molar-refractivity contribution in [2.75, 3.05) is 27.2 Å². The van der Waals surface area contributed by atoms with Crippen molar-refractivity contribution in [3.8, 4) is 0 Å². The molecule has 0 heterocycles. The topological polar surface area (TPSA) is 29.3 Å². The predicted octanol–water partition coefficient (Wildman–Crippen LogP) is 3.65. The lowest BCUT2D eigenvalue weighted by Gasteiger charge is -2.26. The Morgan fingerprint density at radius 3 is 1.88 bits per heavy atom. The molecule has 0 bridgehead atoms. The van der Waals surface area contributed by atoms with E-state index in [0.29, 0.717) is 5.41 Å². The zero-order valence-electron chi connectivity index (χ0n) is 12.6. The molecule has 2 N–H and O–H groups in total. The minimum atomic E-state index is 0.515.